The average Bonchev–Trinajstić information content (AvgIpc) is 2.51. The molecule has 2 N–H and O–H groups in total. The van der Waals surface area contributed by atoms with Crippen LogP contribution < -0.4 is 10.5 Å². The van der Waals surface area contributed by atoms with Crippen LogP contribution in [0.15, 0.2) is 36.9 Å². The maximum atomic E-state index is 11.3. The Hall–Kier alpha value is -1.81. The molecule has 0 fully saturated rings. The SMILES string of the molecule is C=CCCCCCOc1ccc(CC(N)C(=O)OC)cc1. The number of benzene rings is 1. The van der Waals surface area contributed by atoms with E-state index in [1.54, 1.807) is 0 Å². The van der Waals surface area contributed by atoms with Crippen molar-refractivity contribution < 1.29 is 14.3 Å². The van der Waals surface area contributed by atoms with Gasteiger partial charge in [-0.25, -0.2) is 0 Å². The first-order valence-electron chi connectivity index (χ1n) is 7.33. The predicted octanol–water partition coefficient (Wildman–Crippen LogP) is 2.85. The van der Waals surface area contributed by atoms with Gasteiger partial charge in [0.25, 0.3) is 0 Å². The lowest BCUT2D eigenvalue weighted by atomic mass is 10.1. The summed E-state index contributed by atoms with van der Waals surface area (Å²) in [6.45, 7) is 4.42. The van der Waals surface area contributed by atoms with E-state index in [2.05, 4.69) is 11.3 Å². The molecule has 0 aliphatic heterocycles. The fourth-order valence-corrected chi connectivity index (χ4v) is 1.97. The number of rotatable bonds is 10. The quantitative estimate of drug-likeness (QED) is 0.409. The molecule has 0 radical (unpaired) electrons. The highest BCUT2D eigenvalue weighted by atomic mass is 16.5. The Morgan fingerprint density at radius 1 is 1.29 bits per heavy atom. The van der Waals surface area contributed by atoms with Gasteiger partial charge in [0.1, 0.15) is 11.8 Å². The van der Waals surface area contributed by atoms with Gasteiger partial charge in [0, 0.05) is 0 Å². The summed E-state index contributed by atoms with van der Waals surface area (Å²) < 4.78 is 10.3. The number of nitrogens with two attached hydrogens (primary N) is 1. The molecular weight excluding hydrogens is 266 g/mol. The van der Waals surface area contributed by atoms with E-state index >= 15 is 0 Å². The number of hydrogen-bond donors (Lipinski definition) is 1. The van der Waals surface area contributed by atoms with Gasteiger partial charge in [0.2, 0.25) is 0 Å². The highest BCUT2D eigenvalue weighted by molar-refractivity contribution is 5.75. The van der Waals surface area contributed by atoms with Gasteiger partial charge in [-0.15, -0.1) is 6.58 Å². The molecule has 1 unspecified atom stereocenters. The van der Waals surface area contributed by atoms with Gasteiger partial charge in [-0.2, -0.15) is 0 Å². The normalized spacial score (nSPS) is 11.7. The zero-order valence-electron chi connectivity index (χ0n) is 12.7. The van der Waals surface area contributed by atoms with Crippen LogP contribution >= 0.6 is 0 Å². The number of methoxy groups -OCH3 is 1. The van der Waals surface area contributed by atoms with Crippen molar-refractivity contribution in [2.75, 3.05) is 13.7 Å². The highest BCUT2D eigenvalue weighted by Gasteiger charge is 2.13. The summed E-state index contributed by atoms with van der Waals surface area (Å²) >= 11 is 0. The second-order valence-corrected chi connectivity index (χ2v) is 4.96. The monoisotopic (exact) mass is 291 g/mol. The van der Waals surface area contributed by atoms with Crippen molar-refractivity contribution >= 4 is 5.97 Å². The van der Waals surface area contributed by atoms with Crippen LogP contribution in [0.4, 0.5) is 0 Å². The number of hydrogen-bond acceptors (Lipinski definition) is 4. The lowest BCUT2D eigenvalue weighted by Crippen LogP contribution is -2.33. The highest BCUT2D eigenvalue weighted by Crippen LogP contribution is 2.14. The zero-order valence-corrected chi connectivity index (χ0v) is 12.7. The summed E-state index contributed by atoms with van der Waals surface area (Å²) in [5.41, 5.74) is 6.72. The third-order valence-electron chi connectivity index (χ3n) is 3.20. The molecule has 0 saturated carbocycles. The van der Waals surface area contributed by atoms with Gasteiger partial charge < -0.3 is 15.2 Å². The minimum absolute atomic E-state index is 0.394. The second-order valence-electron chi connectivity index (χ2n) is 4.96. The molecule has 0 bridgehead atoms. The molecule has 0 heterocycles. The van der Waals surface area contributed by atoms with Crippen LogP contribution in [0.25, 0.3) is 0 Å². The van der Waals surface area contributed by atoms with Crippen molar-refractivity contribution in [1.82, 2.24) is 0 Å². The first-order chi connectivity index (χ1) is 10.2. The summed E-state index contributed by atoms with van der Waals surface area (Å²) in [7, 11) is 1.34. The topological polar surface area (TPSA) is 61.5 Å². The minimum Gasteiger partial charge on any atom is -0.494 e. The van der Waals surface area contributed by atoms with Crippen LogP contribution in [-0.4, -0.2) is 25.7 Å². The van der Waals surface area contributed by atoms with Crippen LogP contribution in [0.2, 0.25) is 0 Å². The molecule has 21 heavy (non-hydrogen) atoms. The van der Waals surface area contributed by atoms with Crippen molar-refractivity contribution in [3.8, 4) is 5.75 Å². The smallest absolute Gasteiger partial charge is 0.322 e. The largest absolute Gasteiger partial charge is 0.494 e. The van der Waals surface area contributed by atoms with E-state index in [9.17, 15) is 4.79 Å². The molecule has 0 aliphatic carbocycles. The van der Waals surface area contributed by atoms with Crippen molar-refractivity contribution in [3.63, 3.8) is 0 Å². The van der Waals surface area contributed by atoms with E-state index in [1.807, 2.05) is 30.3 Å². The molecule has 0 aliphatic rings. The van der Waals surface area contributed by atoms with E-state index in [0.29, 0.717) is 6.42 Å². The van der Waals surface area contributed by atoms with E-state index < -0.39 is 12.0 Å². The molecule has 0 aromatic heterocycles. The molecule has 0 spiro atoms. The average molecular weight is 291 g/mol. The molecule has 0 saturated heterocycles. The molecule has 1 rings (SSSR count). The summed E-state index contributed by atoms with van der Waals surface area (Å²) in [6, 6.07) is 7.05. The third-order valence-corrected chi connectivity index (χ3v) is 3.20. The molecule has 1 atom stereocenters. The Morgan fingerprint density at radius 3 is 2.62 bits per heavy atom. The molecule has 4 nitrogen and oxygen atoms in total. The fourth-order valence-electron chi connectivity index (χ4n) is 1.97. The number of carbonyl (C=O) groups excluding carboxylic acids is 1. The Kier molecular flexibility index (Phi) is 8.21. The maximum absolute atomic E-state index is 11.3. The van der Waals surface area contributed by atoms with E-state index in [-0.39, 0.29) is 0 Å². The van der Waals surface area contributed by atoms with Crippen LogP contribution in [0.1, 0.15) is 31.2 Å². The molecular formula is C17H25NO3. The standard InChI is InChI=1S/C17H25NO3/c1-3-4-5-6-7-12-21-15-10-8-14(9-11-15)13-16(18)17(19)20-2/h3,8-11,16H,1,4-7,12-13,18H2,2H3. The molecule has 4 heteroatoms. The van der Waals surface area contributed by atoms with Gasteiger partial charge in [-0.1, -0.05) is 18.2 Å². The van der Waals surface area contributed by atoms with Crippen LogP contribution in [0, 0.1) is 0 Å². The first kappa shape index (κ1) is 17.2. The Morgan fingerprint density at radius 2 is 2.00 bits per heavy atom. The van der Waals surface area contributed by atoms with Crippen LogP contribution in [0.3, 0.4) is 0 Å². The minimum atomic E-state index is -0.619. The maximum Gasteiger partial charge on any atom is 0.322 e. The fraction of sp³-hybridized carbons (Fsp3) is 0.471. The number of carbonyl (C=O) groups is 1. The Balaban J connectivity index is 2.30. The number of unbranched alkanes of at least 4 members (excludes halogenated alkanes) is 3. The van der Waals surface area contributed by atoms with E-state index in [0.717, 1.165) is 43.6 Å². The zero-order chi connectivity index (χ0) is 15.5. The van der Waals surface area contributed by atoms with Gasteiger partial charge in [-0.05, 0) is 49.8 Å². The Bertz CT molecular complexity index is 428. The summed E-state index contributed by atoms with van der Waals surface area (Å²) in [4.78, 5) is 11.3. The van der Waals surface area contributed by atoms with Crippen molar-refractivity contribution in [1.29, 1.82) is 0 Å². The summed E-state index contributed by atoms with van der Waals surface area (Å²) in [5.74, 6) is 0.448. The second kappa shape index (κ2) is 10.00. The number of ether oxygens (including phenoxy) is 2. The number of allylic oxidation sites excluding steroid dienone is 1. The van der Waals surface area contributed by atoms with Gasteiger partial charge in [0.15, 0.2) is 0 Å². The lowest BCUT2D eigenvalue weighted by molar-refractivity contribution is -0.142. The first-order valence-corrected chi connectivity index (χ1v) is 7.33. The van der Waals surface area contributed by atoms with E-state index in [1.165, 1.54) is 7.11 Å². The number of esters is 1. The molecule has 1 aromatic rings. The van der Waals surface area contributed by atoms with Crippen molar-refractivity contribution in [2.45, 2.75) is 38.1 Å². The third kappa shape index (κ3) is 6.95. The van der Waals surface area contributed by atoms with Gasteiger partial charge >= 0.3 is 5.97 Å². The lowest BCUT2D eigenvalue weighted by Gasteiger charge is -2.10. The van der Waals surface area contributed by atoms with Gasteiger partial charge in [-0.3, -0.25) is 4.79 Å². The van der Waals surface area contributed by atoms with Crippen LogP contribution in [-0.2, 0) is 16.0 Å². The molecule has 116 valence electrons. The van der Waals surface area contributed by atoms with Gasteiger partial charge in [0.05, 0.1) is 13.7 Å². The molecule has 0 amide bonds. The Labute approximate surface area is 126 Å². The predicted molar refractivity (Wildman–Crippen MR) is 84.3 cm³/mol. The van der Waals surface area contributed by atoms with Crippen molar-refractivity contribution in [3.05, 3.63) is 42.5 Å². The van der Waals surface area contributed by atoms with Crippen LogP contribution in [0.5, 0.6) is 5.75 Å². The van der Waals surface area contributed by atoms with E-state index in [4.69, 9.17) is 10.5 Å². The summed E-state index contributed by atoms with van der Waals surface area (Å²) in [5, 5.41) is 0. The molecule has 1 aromatic carbocycles. The summed E-state index contributed by atoms with van der Waals surface area (Å²) in [6.07, 6.45) is 6.83. The van der Waals surface area contributed by atoms with Crippen molar-refractivity contribution in [2.24, 2.45) is 5.73 Å².